The van der Waals surface area contributed by atoms with Crippen LogP contribution >= 0.6 is 0 Å². The highest BCUT2D eigenvalue weighted by Crippen LogP contribution is 2.30. The SMILES string of the molecule is CCCC(C)CC(C)(O)c1ccc(C)c(C)c1. The van der Waals surface area contributed by atoms with Crippen molar-refractivity contribution in [3.05, 3.63) is 34.9 Å². The zero-order chi connectivity index (χ0) is 13.1. The largest absolute Gasteiger partial charge is 0.385 e. The fraction of sp³-hybridized carbons (Fsp3) is 0.625. The van der Waals surface area contributed by atoms with Gasteiger partial charge >= 0.3 is 0 Å². The molecule has 0 saturated carbocycles. The van der Waals surface area contributed by atoms with Crippen LogP contribution in [-0.2, 0) is 5.60 Å². The smallest absolute Gasteiger partial charge is 0.0871 e. The Morgan fingerprint density at radius 2 is 1.88 bits per heavy atom. The maximum absolute atomic E-state index is 10.6. The van der Waals surface area contributed by atoms with Gasteiger partial charge in [-0.05, 0) is 49.8 Å². The van der Waals surface area contributed by atoms with Gasteiger partial charge in [-0.2, -0.15) is 0 Å². The highest BCUT2D eigenvalue weighted by molar-refractivity contribution is 5.32. The van der Waals surface area contributed by atoms with E-state index < -0.39 is 5.60 Å². The Hall–Kier alpha value is -0.820. The quantitative estimate of drug-likeness (QED) is 0.803. The average Bonchev–Trinajstić information content (AvgIpc) is 2.21. The predicted octanol–water partition coefficient (Wildman–Crippen LogP) is 4.34. The van der Waals surface area contributed by atoms with Gasteiger partial charge in [0.1, 0.15) is 0 Å². The molecule has 0 radical (unpaired) electrons. The highest BCUT2D eigenvalue weighted by atomic mass is 16.3. The van der Waals surface area contributed by atoms with E-state index in [0.717, 1.165) is 12.0 Å². The Morgan fingerprint density at radius 1 is 1.24 bits per heavy atom. The molecule has 0 spiro atoms. The molecule has 2 unspecified atom stereocenters. The van der Waals surface area contributed by atoms with Crippen LogP contribution in [0.1, 0.15) is 56.7 Å². The molecule has 2 atom stereocenters. The van der Waals surface area contributed by atoms with Crippen molar-refractivity contribution in [3.63, 3.8) is 0 Å². The summed E-state index contributed by atoms with van der Waals surface area (Å²) < 4.78 is 0. The molecule has 0 aliphatic rings. The Bertz CT molecular complexity index is 366. The van der Waals surface area contributed by atoms with E-state index in [4.69, 9.17) is 0 Å². The Morgan fingerprint density at radius 3 is 2.41 bits per heavy atom. The van der Waals surface area contributed by atoms with Crippen LogP contribution in [0.3, 0.4) is 0 Å². The number of aryl methyl sites for hydroxylation is 2. The van der Waals surface area contributed by atoms with Crippen molar-refractivity contribution < 1.29 is 5.11 Å². The lowest BCUT2D eigenvalue weighted by Crippen LogP contribution is -2.24. The monoisotopic (exact) mass is 234 g/mol. The standard InChI is InChI=1S/C16H26O/c1-6-7-12(2)11-16(5,17)15-9-8-13(3)14(4)10-15/h8-10,12,17H,6-7,11H2,1-5H3. The van der Waals surface area contributed by atoms with Crippen LogP contribution in [0.5, 0.6) is 0 Å². The summed E-state index contributed by atoms with van der Waals surface area (Å²) in [6.07, 6.45) is 3.20. The van der Waals surface area contributed by atoms with E-state index in [1.807, 2.05) is 6.92 Å². The molecule has 0 aliphatic heterocycles. The van der Waals surface area contributed by atoms with E-state index >= 15 is 0 Å². The molecule has 0 amide bonds. The molecule has 1 heteroatoms. The molecule has 1 rings (SSSR count). The highest BCUT2D eigenvalue weighted by Gasteiger charge is 2.25. The second-order valence-corrected chi connectivity index (χ2v) is 5.67. The van der Waals surface area contributed by atoms with Gasteiger partial charge in [0.15, 0.2) is 0 Å². The van der Waals surface area contributed by atoms with Crippen molar-refractivity contribution in [3.8, 4) is 0 Å². The minimum atomic E-state index is -0.701. The summed E-state index contributed by atoms with van der Waals surface area (Å²) in [5.74, 6) is 0.566. The summed E-state index contributed by atoms with van der Waals surface area (Å²) in [6, 6.07) is 6.28. The molecule has 0 fully saturated rings. The van der Waals surface area contributed by atoms with Crippen molar-refractivity contribution in [1.29, 1.82) is 0 Å². The summed E-state index contributed by atoms with van der Waals surface area (Å²) in [6.45, 7) is 10.6. The number of aliphatic hydroxyl groups is 1. The Labute approximate surface area is 106 Å². The first-order valence-electron chi connectivity index (χ1n) is 6.67. The van der Waals surface area contributed by atoms with Gasteiger partial charge in [-0.3, -0.25) is 0 Å². The first-order valence-corrected chi connectivity index (χ1v) is 6.67. The summed E-state index contributed by atoms with van der Waals surface area (Å²) in [7, 11) is 0. The minimum absolute atomic E-state index is 0.566. The van der Waals surface area contributed by atoms with Crippen molar-refractivity contribution in [2.45, 2.75) is 59.5 Å². The zero-order valence-electron chi connectivity index (χ0n) is 11.9. The maximum Gasteiger partial charge on any atom is 0.0871 e. The van der Waals surface area contributed by atoms with Crippen molar-refractivity contribution in [2.24, 2.45) is 5.92 Å². The minimum Gasteiger partial charge on any atom is -0.385 e. The molecule has 17 heavy (non-hydrogen) atoms. The third-order valence-electron chi connectivity index (χ3n) is 3.66. The van der Waals surface area contributed by atoms with Gasteiger partial charge in [0.25, 0.3) is 0 Å². The van der Waals surface area contributed by atoms with Gasteiger partial charge in [-0.15, -0.1) is 0 Å². The molecule has 0 bridgehead atoms. The van der Waals surface area contributed by atoms with Gasteiger partial charge in [0, 0.05) is 0 Å². The normalized spacial score (nSPS) is 16.6. The topological polar surface area (TPSA) is 20.2 Å². The van der Waals surface area contributed by atoms with Gasteiger partial charge in [-0.25, -0.2) is 0 Å². The lowest BCUT2D eigenvalue weighted by Gasteiger charge is -2.28. The second-order valence-electron chi connectivity index (χ2n) is 5.67. The van der Waals surface area contributed by atoms with Gasteiger partial charge in [-0.1, -0.05) is 44.9 Å². The van der Waals surface area contributed by atoms with E-state index in [1.165, 1.54) is 24.0 Å². The molecule has 96 valence electrons. The van der Waals surface area contributed by atoms with Crippen LogP contribution in [0.25, 0.3) is 0 Å². The summed E-state index contributed by atoms with van der Waals surface area (Å²) >= 11 is 0. The van der Waals surface area contributed by atoms with Gasteiger partial charge in [0.2, 0.25) is 0 Å². The Balaban J connectivity index is 2.84. The second kappa shape index (κ2) is 5.68. The van der Waals surface area contributed by atoms with Crippen LogP contribution in [0, 0.1) is 19.8 Å². The maximum atomic E-state index is 10.6. The van der Waals surface area contributed by atoms with Gasteiger partial charge < -0.3 is 5.11 Å². The molecule has 1 aromatic carbocycles. The van der Waals surface area contributed by atoms with Crippen LogP contribution < -0.4 is 0 Å². The third-order valence-corrected chi connectivity index (χ3v) is 3.66. The molecular weight excluding hydrogens is 208 g/mol. The van der Waals surface area contributed by atoms with E-state index in [1.54, 1.807) is 0 Å². The molecule has 1 nitrogen and oxygen atoms in total. The number of rotatable bonds is 5. The fourth-order valence-electron chi connectivity index (χ4n) is 2.47. The Kier molecular flexibility index (Phi) is 4.76. The average molecular weight is 234 g/mol. The first kappa shape index (κ1) is 14.2. The van der Waals surface area contributed by atoms with Crippen LogP contribution in [0.2, 0.25) is 0 Å². The summed E-state index contributed by atoms with van der Waals surface area (Å²) in [5, 5.41) is 10.6. The van der Waals surface area contributed by atoms with E-state index in [2.05, 4.69) is 45.9 Å². The molecule has 1 aromatic rings. The first-order chi connectivity index (χ1) is 7.86. The van der Waals surface area contributed by atoms with Crippen molar-refractivity contribution in [1.82, 2.24) is 0 Å². The van der Waals surface area contributed by atoms with E-state index in [9.17, 15) is 5.11 Å². The summed E-state index contributed by atoms with van der Waals surface area (Å²) in [5.41, 5.74) is 2.88. The number of hydrogen-bond donors (Lipinski definition) is 1. The third kappa shape index (κ3) is 3.85. The number of benzene rings is 1. The van der Waals surface area contributed by atoms with E-state index in [-0.39, 0.29) is 0 Å². The lowest BCUT2D eigenvalue weighted by atomic mass is 9.84. The van der Waals surface area contributed by atoms with Crippen LogP contribution in [0.4, 0.5) is 0 Å². The molecular formula is C16H26O. The molecule has 0 aliphatic carbocycles. The van der Waals surface area contributed by atoms with Crippen LogP contribution in [-0.4, -0.2) is 5.11 Å². The summed E-state index contributed by atoms with van der Waals surface area (Å²) in [4.78, 5) is 0. The lowest BCUT2D eigenvalue weighted by molar-refractivity contribution is 0.0311. The molecule has 0 aromatic heterocycles. The van der Waals surface area contributed by atoms with E-state index in [0.29, 0.717) is 5.92 Å². The van der Waals surface area contributed by atoms with Gasteiger partial charge in [0.05, 0.1) is 5.60 Å². The predicted molar refractivity (Wildman–Crippen MR) is 74.2 cm³/mol. The van der Waals surface area contributed by atoms with Crippen LogP contribution in [0.15, 0.2) is 18.2 Å². The molecule has 0 heterocycles. The van der Waals surface area contributed by atoms with Crippen molar-refractivity contribution in [2.75, 3.05) is 0 Å². The molecule has 1 N–H and O–H groups in total. The number of hydrogen-bond acceptors (Lipinski definition) is 1. The molecule has 0 saturated heterocycles. The van der Waals surface area contributed by atoms with Crippen molar-refractivity contribution >= 4 is 0 Å². The zero-order valence-corrected chi connectivity index (χ0v) is 11.9. The fourth-order valence-corrected chi connectivity index (χ4v) is 2.47.